The Kier molecular flexibility index (Phi) is 21.4. The van der Waals surface area contributed by atoms with Gasteiger partial charge in [0.15, 0.2) is 0 Å². The number of rotatable bonds is 22. The number of benzene rings is 2. The summed E-state index contributed by atoms with van der Waals surface area (Å²) in [6, 6.07) is 12.1. The zero-order valence-electron chi connectivity index (χ0n) is 48.6. The molecule has 6 N–H and O–H groups in total. The lowest BCUT2D eigenvalue weighted by Crippen LogP contribution is -2.59. The predicted molar refractivity (Wildman–Crippen MR) is 302 cm³/mol. The highest BCUT2D eigenvalue weighted by Crippen LogP contribution is 2.34. The molecule has 6 amide bonds. The van der Waals surface area contributed by atoms with Crippen LogP contribution in [0.1, 0.15) is 141 Å². The summed E-state index contributed by atoms with van der Waals surface area (Å²) >= 11 is 0. The van der Waals surface area contributed by atoms with E-state index in [1.165, 1.54) is 11.1 Å². The first kappa shape index (κ1) is 60.7. The Morgan fingerprint density at radius 1 is 0.577 bits per heavy atom. The summed E-state index contributed by atoms with van der Waals surface area (Å²) in [6.45, 7) is 22.0. The van der Waals surface area contributed by atoms with Crippen molar-refractivity contribution >= 4 is 35.4 Å². The fourth-order valence-electron chi connectivity index (χ4n) is 11.9. The standard InChI is InChI=1S/C60H94N10O8/c1-39(61-9)53(71)65-51(59(3,4)5)57(75)69-37-43(35-49(69)55(73)63-47-25-15-21-41-19-11-13-23-45(41)47)77-33-17-27-67-29-31-68(32-30-67)28-18-34-78-44-36-50(56(74)64-48-26-16-22-42-20-12-14-24-46(42)48)70(38-44)58(76)52(60(6,7)8)66-54(72)40(2)62-10/h11-14,19-20,23-24,39-40,43-44,47-52,61-62H,15-18,21-22,25-38H2,1-10H3,(H,63,73)(H,64,74)(H,65,71)(H,66,72)/t39-,40-,43-,44-,47+,48+,49-,50-,51+,52?/m0/s1. The summed E-state index contributed by atoms with van der Waals surface area (Å²) < 4.78 is 13.0. The second-order valence-electron chi connectivity index (χ2n) is 24.8. The molecule has 1 unspecified atom stereocenters. The van der Waals surface area contributed by atoms with Gasteiger partial charge in [-0.15, -0.1) is 0 Å². The number of hydrogen-bond donors (Lipinski definition) is 6. The maximum absolute atomic E-state index is 14.5. The Bertz CT molecular complexity index is 2200. The molecule has 432 valence electrons. The zero-order chi connectivity index (χ0) is 56.3. The number of ether oxygens (including phenoxy) is 2. The number of carbonyl (C=O) groups is 6. The van der Waals surface area contributed by atoms with E-state index >= 15 is 0 Å². The van der Waals surface area contributed by atoms with Crippen LogP contribution in [-0.2, 0) is 51.1 Å². The van der Waals surface area contributed by atoms with Crippen LogP contribution in [0.4, 0.5) is 0 Å². The summed E-state index contributed by atoms with van der Waals surface area (Å²) in [5.74, 6) is -1.49. The lowest BCUT2D eigenvalue weighted by molar-refractivity contribution is -0.144. The van der Waals surface area contributed by atoms with Gasteiger partial charge < -0.3 is 61.0 Å². The minimum atomic E-state index is -0.841. The van der Waals surface area contributed by atoms with Crippen molar-refractivity contribution in [2.45, 2.75) is 180 Å². The highest BCUT2D eigenvalue weighted by Gasteiger charge is 2.48. The number of hydrogen-bond acceptors (Lipinski definition) is 12. The van der Waals surface area contributed by atoms with Crippen LogP contribution in [0.3, 0.4) is 0 Å². The van der Waals surface area contributed by atoms with Crippen molar-refractivity contribution in [3.8, 4) is 0 Å². The summed E-state index contributed by atoms with van der Waals surface area (Å²) in [4.78, 5) is 92.1. The predicted octanol–water partition coefficient (Wildman–Crippen LogP) is 4.02. The quantitative estimate of drug-likeness (QED) is 0.0926. The number of likely N-dealkylation sites (tertiary alicyclic amines) is 2. The van der Waals surface area contributed by atoms with Gasteiger partial charge in [0.2, 0.25) is 35.4 Å². The molecule has 3 saturated heterocycles. The number of carbonyl (C=O) groups excluding carboxylic acids is 6. The fraction of sp³-hybridized carbons (Fsp3) is 0.700. The minimum absolute atomic E-state index is 0.132. The van der Waals surface area contributed by atoms with E-state index in [0.29, 0.717) is 26.1 Å². The van der Waals surface area contributed by atoms with Crippen molar-refractivity contribution in [3.05, 3.63) is 70.8 Å². The second kappa shape index (κ2) is 27.5. The van der Waals surface area contributed by atoms with E-state index in [9.17, 15) is 28.8 Å². The molecule has 18 heteroatoms. The van der Waals surface area contributed by atoms with Crippen molar-refractivity contribution < 1.29 is 38.2 Å². The topological polar surface area (TPSA) is 206 Å². The van der Waals surface area contributed by atoms with Crippen LogP contribution in [0.5, 0.6) is 0 Å². The van der Waals surface area contributed by atoms with Gasteiger partial charge in [0, 0.05) is 78.4 Å². The van der Waals surface area contributed by atoms with E-state index in [1.54, 1.807) is 37.7 Å². The molecule has 0 saturated carbocycles. The van der Waals surface area contributed by atoms with Gasteiger partial charge in [-0.2, -0.15) is 0 Å². The number of nitrogens with one attached hydrogen (secondary N) is 6. The monoisotopic (exact) mass is 1080 g/mol. The third-order valence-electron chi connectivity index (χ3n) is 16.9. The molecule has 3 aliphatic heterocycles. The van der Waals surface area contributed by atoms with Gasteiger partial charge in [0.05, 0.1) is 36.4 Å². The van der Waals surface area contributed by atoms with Gasteiger partial charge in [0.1, 0.15) is 24.2 Å². The smallest absolute Gasteiger partial charge is 0.246 e. The zero-order valence-corrected chi connectivity index (χ0v) is 48.6. The van der Waals surface area contributed by atoms with Crippen LogP contribution < -0.4 is 31.9 Å². The minimum Gasteiger partial charge on any atom is -0.376 e. The largest absolute Gasteiger partial charge is 0.376 e. The molecule has 3 heterocycles. The van der Waals surface area contributed by atoms with Gasteiger partial charge in [-0.1, -0.05) is 90.1 Å². The molecule has 5 aliphatic rings. The molecule has 7 rings (SSSR count). The maximum atomic E-state index is 14.5. The fourth-order valence-corrected chi connectivity index (χ4v) is 11.9. The Hall–Kier alpha value is -4.98. The highest BCUT2D eigenvalue weighted by molar-refractivity contribution is 5.95. The number of nitrogens with zero attached hydrogens (tertiary/aromatic N) is 4. The van der Waals surface area contributed by atoms with E-state index in [-0.39, 0.29) is 72.8 Å². The van der Waals surface area contributed by atoms with Gasteiger partial charge in [-0.3, -0.25) is 28.8 Å². The number of aryl methyl sites for hydroxylation is 2. The molecular formula is C60H94N10O8. The van der Waals surface area contributed by atoms with Crippen molar-refractivity contribution in [2.24, 2.45) is 10.8 Å². The van der Waals surface area contributed by atoms with Crippen molar-refractivity contribution in [3.63, 3.8) is 0 Å². The summed E-state index contributed by atoms with van der Waals surface area (Å²) in [5, 5.41) is 18.5. The summed E-state index contributed by atoms with van der Waals surface area (Å²) in [6.07, 6.45) is 7.28. The molecule has 0 radical (unpaired) electrons. The lowest BCUT2D eigenvalue weighted by Gasteiger charge is -2.36. The number of amides is 6. The van der Waals surface area contributed by atoms with E-state index in [1.807, 2.05) is 65.8 Å². The first-order valence-electron chi connectivity index (χ1n) is 29.2. The molecular weight excluding hydrogens is 989 g/mol. The molecule has 0 aromatic heterocycles. The molecule has 2 aliphatic carbocycles. The van der Waals surface area contributed by atoms with Gasteiger partial charge >= 0.3 is 0 Å². The normalized spacial score (nSPS) is 24.5. The Labute approximate surface area is 465 Å². The third-order valence-corrected chi connectivity index (χ3v) is 16.9. The van der Waals surface area contributed by atoms with Gasteiger partial charge in [0.25, 0.3) is 0 Å². The number of piperazine rings is 1. The lowest BCUT2D eigenvalue weighted by atomic mass is 9.85. The Morgan fingerprint density at radius 3 is 1.31 bits per heavy atom. The van der Waals surface area contributed by atoms with Crippen LogP contribution in [0, 0.1) is 10.8 Å². The first-order valence-corrected chi connectivity index (χ1v) is 29.2. The number of likely N-dealkylation sites (N-methyl/N-ethyl adjacent to an activating group) is 2. The Balaban J connectivity index is 0.882. The van der Waals surface area contributed by atoms with Crippen LogP contribution in [0.15, 0.2) is 48.5 Å². The molecule has 10 atom stereocenters. The average molecular weight is 1080 g/mol. The Morgan fingerprint density at radius 2 is 0.949 bits per heavy atom. The summed E-state index contributed by atoms with van der Waals surface area (Å²) in [7, 11) is 3.41. The SMILES string of the molecule is CN[C@@H](C)C(=O)NC(C(=O)N1C[C@@H](OCCCN2CCN(CCCO[C@H]3C[C@@H](C(=O)N[C@@H]4CCCc5ccccc54)N(C(=O)[C@@H](NC(=O)[C@H](C)NC)C(C)(C)C)C3)CC2)C[C@H]1C(=O)N[C@@H]1CCCc2ccccc21)C(C)(C)C. The molecule has 18 nitrogen and oxygen atoms in total. The molecule has 78 heavy (non-hydrogen) atoms. The van der Waals surface area contributed by atoms with E-state index in [2.05, 4.69) is 66.0 Å². The molecule has 2 aromatic carbocycles. The molecule has 0 bridgehead atoms. The van der Waals surface area contributed by atoms with Crippen LogP contribution in [0.2, 0.25) is 0 Å². The highest BCUT2D eigenvalue weighted by atomic mass is 16.5. The maximum Gasteiger partial charge on any atom is 0.246 e. The number of fused-ring (bicyclic) bond motifs is 2. The van der Waals surface area contributed by atoms with E-state index in [0.717, 1.165) is 102 Å². The summed E-state index contributed by atoms with van der Waals surface area (Å²) in [5.41, 5.74) is 3.53. The van der Waals surface area contributed by atoms with Crippen molar-refractivity contribution in [1.82, 2.24) is 51.5 Å². The third kappa shape index (κ3) is 15.7. The van der Waals surface area contributed by atoms with E-state index < -0.39 is 47.1 Å². The molecule has 0 spiro atoms. The van der Waals surface area contributed by atoms with Crippen molar-refractivity contribution in [1.29, 1.82) is 0 Å². The van der Waals surface area contributed by atoms with Crippen LogP contribution >= 0.6 is 0 Å². The first-order chi connectivity index (χ1) is 37.2. The van der Waals surface area contributed by atoms with Crippen LogP contribution in [0.25, 0.3) is 0 Å². The van der Waals surface area contributed by atoms with Crippen LogP contribution in [-0.4, -0.2) is 183 Å². The average Bonchev–Trinajstić information content (AvgIpc) is 4.07. The van der Waals surface area contributed by atoms with Gasteiger partial charge in [-0.25, -0.2) is 0 Å². The molecule has 3 fully saturated rings. The van der Waals surface area contributed by atoms with Crippen molar-refractivity contribution in [2.75, 3.05) is 79.7 Å². The van der Waals surface area contributed by atoms with E-state index in [4.69, 9.17) is 9.47 Å². The second-order valence-corrected chi connectivity index (χ2v) is 24.8. The molecule has 2 aromatic rings. The van der Waals surface area contributed by atoms with Gasteiger partial charge in [-0.05, 0) is 112 Å².